The number of rotatable bonds is 1. The number of anilines is 1. The summed E-state index contributed by atoms with van der Waals surface area (Å²) >= 11 is 0. The minimum Gasteiger partial charge on any atom is -0.351 e. The third-order valence-electron chi connectivity index (χ3n) is 1.15. The number of aromatic nitrogens is 4. The molecule has 11 heavy (non-hydrogen) atoms. The van der Waals surface area contributed by atoms with Gasteiger partial charge < -0.3 is 15.2 Å². The molecule has 3 N–H and O–H groups in total. The van der Waals surface area contributed by atoms with Crippen LogP contribution in [0, 0.1) is 0 Å². The number of aromatic amines is 1. The first-order valence-electron chi connectivity index (χ1n) is 2.95. The molecular weight excluding hydrogens is 146 g/mol. The number of nitrogens with two attached hydrogens (primary N) is 1. The van der Waals surface area contributed by atoms with Crippen molar-refractivity contribution in [2.24, 2.45) is 0 Å². The van der Waals surface area contributed by atoms with Gasteiger partial charge in [0.15, 0.2) is 5.82 Å². The predicted molar refractivity (Wildman–Crippen MR) is 36.3 cm³/mol. The second-order valence-corrected chi connectivity index (χ2v) is 1.89. The van der Waals surface area contributed by atoms with Gasteiger partial charge in [0.05, 0.1) is 0 Å². The molecule has 0 radical (unpaired) electrons. The smallest absolute Gasteiger partial charge is 0.319 e. The van der Waals surface area contributed by atoms with Crippen LogP contribution in [-0.2, 0) is 0 Å². The normalized spacial score (nSPS) is 10.2. The van der Waals surface area contributed by atoms with E-state index in [1.807, 2.05) is 0 Å². The fourth-order valence-corrected chi connectivity index (χ4v) is 0.719. The molecule has 0 aliphatic heterocycles. The second-order valence-electron chi connectivity index (χ2n) is 1.89. The Bertz CT molecular complexity index is 337. The lowest BCUT2D eigenvalue weighted by Crippen LogP contribution is -1.85. The molecule has 0 aromatic carbocycles. The van der Waals surface area contributed by atoms with Gasteiger partial charge in [0.2, 0.25) is 5.82 Å². The van der Waals surface area contributed by atoms with Crippen LogP contribution in [0.5, 0.6) is 0 Å². The number of hydrogen-bond donors (Lipinski definition) is 2. The van der Waals surface area contributed by atoms with E-state index in [0.29, 0.717) is 11.6 Å². The van der Waals surface area contributed by atoms with Crippen LogP contribution in [0.3, 0.4) is 0 Å². The SMILES string of the molecule is Nc1nc(-c2ncc[nH]2)no1. The number of nitrogen functional groups attached to an aromatic ring is 1. The van der Waals surface area contributed by atoms with E-state index in [9.17, 15) is 0 Å². The first-order chi connectivity index (χ1) is 5.36. The summed E-state index contributed by atoms with van der Waals surface area (Å²) in [7, 11) is 0. The Labute approximate surface area is 61.4 Å². The first-order valence-corrected chi connectivity index (χ1v) is 2.95. The van der Waals surface area contributed by atoms with Crippen molar-refractivity contribution in [2.75, 3.05) is 5.73 Å². The van der Waals surface area contributed by atoms with Crippen LogP contribution in [0.15, 0.2) is 16.9 Å². The molecule has 0 spiro atoms. The Hall–Kier alpha value is -1.85. The van der Waals surface area contributed by atoms with Crippen molar-refractivity contribution in [3.05, 3.63) is 12.4 Å². The van der Waals surface area contributed by atoms with Gasteiger partial charge in [-0.3, -0.25) is 0 Å². The number of hydrogen-bond acceptors (Lipinski definition) is 5. The summed E-state index contributed by atoms with van der Waals surface area (Å²) in [5, 5.41) is 3.55. The van der Waals surface area contributed by atoms with Gasteiger partial charge in [0, 0.05) is 12.4 Å². The Morgan fingerprint density at radius 3 is 3.00 bits per heavy atom. The summed E-state index contributed by atoms with van der Waals surface area (Å²) in [5.41, 5.74) is 5.20. The van der Waals surface area contributed by atoms with Gasteiger partial charge in [0.1, 0.15) is 0 Å². The molecule has 0 unspecified atom stereocenters. The largest absolute Gasteiger partial charge is 0.351 e. The second kappa shape index (κ2) is 2.08. The highest BCUT2D eigenvalue weighted by atomic mass is 16.5. The standard InChI is InChI=1S/C5H5N5O/c6-5-9-4(10-11-5)3-7-1-2-8-3/h1-2H,(H,7,8)(H2,6,9,10). The third kappa shape index (κ3) is 0.936. The lowest BCUT2D eigenvalue weighted by atomic mass is 10.6. The van der Waals surface area contributed by atoms with E-state index in [2.05, 4.69) is 24.6 Å². The molecule has 0 aliphatic carbocycles. The van der Waals surface area contributed by atoms with Gasteiger partial charge in [-0.1, -0.05) is 5.16 Å². The van der Waals surface area contributed by atoms with Crippen molar-refractivity contribution < 1.29 is 4.52 Å². The van der Waals surface area contributed by atoms with Crippen molar-refractivity contribution in [1.82, 2.24) is 20.1 Å². The Morgan fingerprint density at radius 1 is 1.55 bits per heavy atom. The van der Waals surface area contributed by atoms with E-state index in [4.69, 9.17) is 5.73 Å². The number of nitrogens with one attached hydrogen (secondary N) is 1. The maximum atomic E-state index is 5.20. The van der Waals surface area contributed by atoms with E-state index >= 15 is 0 Å². The van der Waals surface area contributed by atoms with Crippen LogP contribution in [0.25, 0.3) is 11.6 Å². The number of nitrogens with zero attached hydrogens (tertiary/aromatic N) is 3. The molecule has 0 bridgehead atoms. The van der Waals surface area contributed by atoms with Crippen molar-refractivity contribution in [3.8, 4) is 11.6 Å². The Balaban J connectivity index is 2.45. The molecule has 2 aromatic rings. The van der Waals surface area contributed by atoms with Crippen LogP contribution in [0.1, 0.15) is 0 Å². The topological polar surface area (TPSA) is 93.6 Å². The molecule has 2 heterocycles. The summed E-state index contributed by atoms with van der Waals surface area (Å²) < 4.78 is 4.54. The highest BCUT2D eigenvalue weighted by molar-refractivity contribution is 5.42. The molecule has 0 saturated carbocycles. The molecule has 0 saturated heterocycles. The van der Waals surface area contributed by atoms with Gasteiger partial charge in [-0.25, -0.2) is 4.98 Å². The van der Waals surface area contributed by atoms with E-state index in [1.54, 1.807) is 12.4 Å². The van der Waals surface area contributed by atoms with Gasteiger partial charge >= 0.3 is 6.01 Å². The predicted octanol–water partition coefficient (Wildman–Crippen LogP) is 0.0419. The minimum absolute atomic E-state index is 0.0383. The minimum atomic E-state index is 0.0383. The summed E-state index contributed by atoms with van der Waals surface area (Å²) in [4.78, 5) is 10.5. The van der Waals surface area contributed by atoms with Crippen molar-refractivity contribution in [2.45, 2.75) is 0 Å². The highest BCUT2D eigenvalue weighted by Crippen LogP contribution is 2.09. The highest BCUT2D eigenvalue weighted by Gasteiger charge is 2.06. The van der Waals surface area contributed by atoms with Gasteiger partial charge in [-0.05, 0) is 0 Å². The number of imidazole rings is 1. The molecule has 0 fully saturated rings. The van der Waals surface area contributed by atoms with Crippen molar-refractivity contribution >= 4 is 6.01 Å². The first kappa shape index (κ1) is 5.90. The zero-order valence-corrected chi connectivity index (χ0v) is 5.48. The zero-order valence-electron chi connectivity index (χ0n) is 5.48. The van der Waals surface area contributed by atoms with Gasteiger partial charge in [-0.15, -0.1) is 0 Å². The Kier molecular flexibility index (Phi) is 1.12. The van der Waals surface area contributed by atoms with Crippen LogP contribution in [0.2, 0.25) is 0 Å². The summed E-state index contributed by atoms with van der Waals surface area (Å²) in [5.74, 6) is 0.915. The fraction of sp³-hybridized carbons (Fsp3) is 0. The number of H-pyrrole nitrogens is 1. The monoisotopic (exact) mass is 151 g/mol. The quantitative estimate of drug-likeness (QED) is 0.600. The molecule has 56 valence electrons. The summed E-state index contributed by atoms with van der Waals surface area (Å²) in [6, 6.07) is 0.0383. The van der Waals surface area contributed by atoms with Crippen molar-refractivity contribution in [3.63, 3.8) is 0 Å². The fourth-order valence-electron chi connectivity index (χ4n) is 0.719. The lowest BCUT2D eigenvalue weighted by molar-refractivity contribution is 0.436. The van der Waals surface area contributed by atoms with Crippen LogP contribution in [0.4, 0.5) is 6.01 Å². The van der Waals surface area contributed by atoms with E-state index in [-0.39, 0.29) is 6.01 Å². The molecule has 2 aromatic heterocycles. The maximum Gasteiger partial charge on any atom is 0.319 e. The molecule has 2 rings (SSSR count). The average molecular weight is 151 g/mol. The third-order valence-corrected chi connectivity index (χ3v) is 1.15. The van der Waals surface area contributed by atoms with Crippen LogP contribution < -0.4 is 5.73 Å². The summed E-state index contributed by atoms with van der Waals surface area (Å²) in [6.07, 6.45) is 3.27. The van der Waals surface area contributed by atoms with E-state index < -0.39 is 0 Å². The molecule has 6 nitrogen and oxygen atoms in total. The van der Waals surface area contributed by atoms with Crippen molar-refractivity contribution in [1.29, 1.82) is 0 Å². The molecule has 0 aliphatic rings. The van der Waals surface area contributed by atoms with E-state index in [1.165, 1.54) is 0 Å². The zero-order chi connectivity index (χ0) is 7.68. The summed E-state index contributed by atoms with van der Waals surface area (Å²) in [6.45, 7) is 0. The average Bonchev–Trinajstić information content (AvgIpc) is 2.55. The van der Waals surface area contributed by atoms with Gasteiger partial charge in [-0.2, -0.15) is 4.98 Å². The molecule has 0 amide bonds. The lowest BCUT2D eigenvalue weighted by Gasteiger charge is -1.80. The Morgan fingerprint density at radius 2 is 2.45 bits per heavy atom. The van der Waals surface area contributed by atoms with E-state index in [0.717, 1.165) is 0 Å². The van der Waals surface area contributed by atoms with Crippen LogP contribution in [-0.4, -0.2) is 20.1 Å². The van der Waals surface area contributed by atoms with Crippen LogP contribution >= 0.6 is 0 Å². The maximum absolute atomic E-state index is 5.20. The molecule has 0 atom stereocenters. The van der Waals surface area contributed by atoms with Gasteiger partial charge in [0.25, 0.3) is 0 Å². The molecular formula is C5H5N5O. The molecule has 6 heteroatoms.